The van der Waals surface area contributed by atoms with Crippen molar-refractivity contribution in [3.8, 4) is 67.3 Å². The van der Waals surface area contributed by atoms with Gasteiger partial charge in [0.05, 0.1) is 44.1 Å². The number of furan rings is 2. The molecule has 0 radical (unpaired) electrons. The van der Waals surface area contributed by atoms with Gasteiger partial charge in [-0.3, -0.25) is 0 Å². The first-order valence-corrected chi connectivity index (χ1v) is 35.5. The summed E-state index contributed by atoms with van der Waals surface area (Å²) < 4.78 is 24.8. The largest absolute Gasteiger partial charge is 0.455 e. The van der Waals surface area contributed by atoms with Gasteiger partial charge in [-0.25, -0.2) is 0 Å². The van der Waals surface area contributed by atoms with Crippen molar-refractivity contribution in [2.75, 3.05) is 0 Å². The van der Waals surface area contributed by atoms with Gasteiger partial charge in [0.1, 0.15) is 22.3 Å². The zero-order valence-corrected chi connectivity index (χ0v) is 56.5. The van der Waals surface area contributed by atoms with Gasteiger partial charge in [0.2, 0.25) is 0 Å². The second kappa shape index (κ2) is 19.9. The Hall–Kier alpha value is -12.9. The van der Waals surface area contributed by atoms with E-state index in [1.165, 1.54) is 76.5 Å². The van der Waals surface area contributed by atoms with Gasteiger partial charge in [-0.05, 0) is 177 Å². The summed E-state index contributed by atoms with van der Waals surface area (Å²) in [6, 6.07) is 113. The van der Waals surface area contributed by atoms with Crippen LogP contribution in [0.25, 0.3) is 198 Å². The third kappa shape index (κ3) is 7.32. The van der Waals surface area contributed by atoms with E-state index in [9.17, 15) is 0 Å². The van der Waals surface area contributed by atoms with Crippen molar-refractivity contribution in [3.63, 3.8) is 0 Å². The Bertz CT molecular complexity index is 6420. The molecule has 2 aliphatic carbocycles. The van der Waals surface area contributed by atoms with E-state index in [1.54, 1.807) is 0 Å². The predicted octanol–water partition coefficient (Wildman–Crippen LogP) is 25.8. The first-order valence-electron chi connectivity index (χ1n) is 35.5. The van der Waals surface area contributed by atoms with Crippen LogP contribution in [0, 0.1) is 0 Å². The van der Waals surface area contributed by atoms with Crippen LogP contribution in [0.4, 0.5) is 0 Å². The Morgan fingerprint density at radius 1 is 0.225 bits per heavy atom. The molecule has 6 nitrogen and oxygen atoms in total. The number of para-hydroxylation sites is 10. The quantitative estimate of drug-likeness (QED) is 0.167. The SMILES string of the molecule is CC1(C)c2cc3c(cc2-c2c1cc(-c1cc(-n4c5ccccc5c5ccccc54)cc(-n4c5ccccc5c5ccccc54)c1)c1c2oc2ccccc21)C(C)(C)c1cc(-c2cc(-n4c5ccccc5c5ccccc54)cc(-n4c5ccccc5c5ccccc54)c2)c2c(oc4ccccc42)c1-3. The summed E-state index contributed by atoms with van der Waals surface area (Å²) >= 11 is 0. The molecule has 0 spiro atoms. The molecule has 0 aliphatic heterocycles. The van der Waals surface area contributed by atoms with Crippen LogP contribution in [-0.4, -0.2) is 18.3 Å². The van der Waals surface area contributed by atoms with Crippen LogP contribution in [0.3, 0.4) is 0 Å². The first-order chi connectivity index (χ1) is 50.1. The minimum Gasteiger partial charge on any atom is -0.455 e. The standard InChI is InChI=1S/C96H62N4O2/c1-95(2)75-53-74-76(54-73(75)91-77(95)51-71(89-69-33-13-23-43-87(69)101-93(89)91)55-45-57(97-79-35-15-5-25-61(79)62-26-6-16-36-80(62)97)49-58(46-55)98-81-37-17-7-27-63(81)64-28-8-18-38-82(64)98)96(3,4)78-52-72(90-70-34-14-24-44-88(70)102-94(90)92(74)78)56-47-59(99-83-39-19-9-29-65(83)66-30-10-20-40-84(66)99)50-60(48-56)100-85-41-21-11-31-67(85)68-32-12-22-42-86(68)100/h5-54H,1-4H3. The molecule has 6 heterocycles. The highest BCUT2D eigenvalue weighted by Crippen LogP contribution is 2.62. The molecule has 2 aliphatic rings. The van der Waals surface area contributed by atoms with E-state index in [0.717, 1.165) is 144 Å². The monoisotopic (exact) mass is 1300 g/mol. The lowest BCUT2D eigenvalue weighted by molar-refractivity contribution is 0.648. The summed E-state index contributed by atoms with van der Waals surface area (Å²) in [5.74, 6) is 0. The van der Waals surface area contributed by atoms with Crippen LogP contribution in [-0.2, 0) is 10.8 Å². The fourth-order valence-electron chi connectivity index (χ4n) is 18.9. The molecule has 102 heavy (non-hydrogen) atoms. The van der Waals surface area contributed by atoms with Crippen molar-refractivity contribution >= 4 is 131 Å². The molecule has 23 rings (SSSR count). The van der Waals surface area contributed by atoms with Crippen LogP contribution < -0.4 is 0 Å². The lowest BCUT2D eigenvalue weighted by Crippen LogP contribution is -2.17. The molecule has 6 aromatic heterocycles. The second-order valence-electron chi connectivity index (χ2n) is 29.4. The molecule has 0 saturated heterocycles. The minimum absolute atomic E-state index is 0.474. The Labute approximate surface area is 586 Å². The Morgan fingerprint density at radius 2 is 0.451 bits per heavy atom. The first kappa shape index (κ1) is 56.0. The summed E-state index contributed by atoms with van der Waals surface area (Å²) in [5, 5.41) is 14.2. The van der Waals surface area contributed by atoms with Gasteiger partial charge in [0.15, 0.2) is 0 Å². The molecular formula is C96H62N4O2. The van der Waals surface area contributed by atoms with E-state index in [0.29, 0.717) is 0 Å². The molecule has 0 amide bonds. The van der Waals surface area contributed by atoms with E-state index in [2.05, 4.69) is 349 Å². The van der Waals surface area contributed by atoms with Crippen LogP contribution in [0.5, 0.6) is 0 Å². The van der Waals surface area contributed by atoms with Gasteiger partial charge in [0.25, 0.3) is 0 Å². The smallest absolute Gasteiger partial charge is 0.144 e. The molecule has 0 fully saturated rings. The van der Waals surface area contributed by atoms with Crippen LogP contribution in [0.2, 0.25) is 0 Å². The van der Waals surface area contributed by atoms with Crippen LogP contribution >= 0.6 is 0 Å². The maximum atomic E-state index is 7.47. The fraction of sp³-hybridized carbons (Fsp3) is 0.0625. The van der Waals surface area contributed by atoms with Gasteiger partial charge < -0.3 is 27.1 Å². The number of benzene rings is 15. The summed E-state index contributed by atoms with van der Waals surface area (Å²) in [7, 11) is 0. The van der Waals surface area contributed by atoms with Crippen molar-refractivity contribution < 1.29 is 8.83 Å². The molecule has 0 bridgehead atoms. The normalized spacial score (nSPS) is 13.8. The van der Waals surface area contributed by atoms with Crippen molar-refractivity contribution in [1.29, 1.82) is 0 Å². The van der Waals surface area contributed by atoms with Gasteiger partial charge >= 0.3 is 0 Å². The number of aromatic nitrogens is 4. The molecule has 0 N–H and O–H groups in total. The molecule has 0 unspecified atom stereocenters. The number of hydrogen-bond donors (Lipinski definition) is 0. The van der Waals surface area contributed by atoms with E-state index < -0.39 is 10.8 Å². The second-order valence-corrected chi connectivity index (χ2v) is 29.4. The van der Waals surface area contributed by atoms with Crippen molar-refractivity contribution in [1.82, 2.24) is 18.3 Å². The van der Waals surface area contributed by atoms with Gasteiger partial charge in [-0.15, -0.1) is 0 Å². The van der Waals surface area contributed by atoms with Crippen LogP contribution in [0.1, 0.15) is 49.9 Å². The Morgan fingerprint density at radius 3 is 0.716 bits per heavy atom. The lowest BCUT2D eigenvalue weighted by Gasteiger charge is -2.24. The predicted molar refractivity (Wildman–Crippen MR) is 424 cm³/mol. The third-order valence-electron chi connectivity index (χ3n) is 23.5. The third-order valence-corrected chi connectivity index (χ3v) is 23.5. The minimum atomic E-state index is -0.474. The highest BCUT2D eigenvalue weighted by Gasteiger charge is 2.45. The topological polar surface area (TPSA) is 46.0 Å². The Kier molecular flexibility index (Phi) is 11.0. The van der Waals surface area contributed by atoms with Crippen molar-refractivity contribution in [2.24, 2.45) is 0 Å². The summed E-state index contributed by atoms with van der Waals surface area (Å²) in [6.07, 6.45) is 0. The zero-order chi connectivity index (χ0) is 67.2. The molecule has 6 heteroatoms. The molecule has 0 saturated carbocycles. The number of rotatable bonds is 6. The van der Waals surface area contributed by atoms with E-state index in [4.69, 9.17) is 8.83 Å². The summed E-state index contributed by atoms with van der Waals surface area (Å²) in [4.78, 5) is 0. The molecule has 15 aromatic carbocycles. The average molecular weight is 1300 g/mol. The van der Waals surface area contributed by atoms with E-state index in [1.807, 2.05) is 0 Å². The number of nitrogens with zero attached hydrogens (tertiary/aromatic N) is 4. The molecular weight excluding hydrogens is 1240 g/mol. The molecule has 478 valence electrons. The van der Waals surface area contributed by atoms with Gasteiger partial charge in [-0.2, -0.15) is 0 Å². The highest BCUT2D eigenvalue weighted by atomic mass is 16.3. The number of fused-ring (bicyclic) bond motifs is 26. The van der Waals surface area contributed by atoms with Gasteiger partial charge in [-0.1, -0.05) is 210 Å². The van der Waals surface area contributed by atoms with Crippen molar-refractivity contribution in [2.45, 2.75) is 38.5 Å². The highest BCUT2D eigenvalue weighted by molar-refractivity contribution is 6.22. The summed E-state index contributed by atoms with van der Waals surface area (Å²) in [6.45, 7) is 9.72. The fourth-order valence-corrected chi connectivity index (χ4v) is 18.9. The van der Waals surface area contributed by atoms with Crippen molar-refractivity contribution in [3.05, 3.63) is 326 Å². The maximum Gasteiger partial charge on any atom is 0.144 e. The van der Waals surface area contributed by atoms with Crippen LogP contribution in [0.15, 0.2) is 312 Å². The summed E-state index contributed by atoms with van der Waals surface area (Å²) in [5.41, 5.74) is 30.5. The van der Waals surface area contributed by atoms with Gasteiger partial charge in [0, 0.05) is 109 Å². The molecule has 0 atom stereocenters. The average Bonchev–Trinajstić information content (AvgIpc) is 1.51. The van der Waals surface area contributed by atoms with E-state index >= 15 is 0 Å². The number of hydrogen-bond acceptors (Lipinski definition) is 2. The van der Waals surface area contributed by atoms with E-state index in [-0.39, 0.29) is 0 Å². The zero-order valence-electron chi connectivity index (χ0n) is 56.5. The maximum absolute atomic E-state index is 7.47. The lowest BCUT2D eigenvalue weighted by atomic mass is 9.78. The molecule has 21 aromatic rings. The Balaban J connectivity index is 0.762.